The molecular formula is C11H12FN3O. The molecule has 0 aliphatic rings. The van der Waals surface area contributed by atoms with Gasteiger partial charge in [-0.05, 0) is 24.6 Å². The lowest BCUT2D eigenvalue weighted by Gasteiger charge is -2.07. The Labute approximate surface area is 92.7 Å². The minimum atomic E-state index is -0.360. The van der Waals surface area contributed by atoms with Gasteiger partial charge in [-0.3, -0.25) is 0 Å². The summed E-state index contributed by atoms with van der Waals surface area (Å²) in [6.45, 7) is 2.14. The Morgan fingerprint density at radius 2 is 2.25 bits per heavy atom. The molecule has 2 aromatic rings. The molecule has 0 saturated heterocycles. The minimum absolute atomic E-state index is 0.251. The Morgan fingerprint density at radius 3 is 2.94 bits per heavy atom. The average Bonchev–Trinajstić information content (AvgIpc) is 2.66. The monoisotopic (exact) mass is 221 g/mol. The quantitative estimate of drug-likeness (QED) is 0.794. The van der Waals surface area contributed by atoms with E-state index in [1.807, 2.05) is 6.92 Å². The normalized spacial score (nSPS) is 10.4. The fraction of sp³-hybridized carbons (Fsp3) is 0.273. The van der Waals surface area contributed by atoms with Crippen molar-refractivity contribution in [3.8, 4) is 5.75 Å². The Morgan fingerprint density at radius 1 is 1.44 bits per heavy atom. The second-order valence-electron chi connectivity index (χ2n) is 3.57. The zero-order valence-corrected chi connectivity index (χ0v) is 9.14. The van der Waals surface area contributed by atoms with Crippen LogP contribution in [0.5, 0.6) is 5.75 Å². The van der Waals surface area contributed by atoms with Crippen LogP contribution < -0.4 is 4.74 Å². The van der Waals surface area contributed by atoms with Crippen LogP contribution in [0.1, 0.15) is 11.3 Å². The third-order valence-electron chi connectivity index (χ3n) is 2.27. The van der Waals surface area contributed by atoms with E-state index in [1.54, 1.807) is 30.1 Å². The van der Waals surface area contributed by atoms with Crippen LogP contribution in [0, 0.1) is 12.7 Å². The van der Waals surface area contributed by atoms with Gasteiger partial charge >= 0.3 is 0 Å². The van der Waals surface area contributed by atoms with Gasteiger partial charge < -0.3 is 4.74 Å². The van der Waals surface area contributed by atoms with Gasteiger partial charge in [0.25, 0.3) is 0 Å². The first-order chi connectivity index (χ1) is 7.66. The highest BCUT2D eigenvalue weighted by molar-refractivity contribution is 5.29. The summed E-state index contributed by atoms with van der Waals surface area (Å²) in [4.78, 5) is 0. The number of nitrogens with zero attached hydrogens (tertiary/aromatic N) is 3. The van der Waals surface area contributed by atoms with Gasteiger partial charge in [0.1, 0.15) is 6.61 Å². The molecule has 0 spiro atoms. The van der Waals surface area contributed by atoms with E-state index in [0.717, 1.165) is 11.3 Å². The number of aryl methyl sites for hydroxylation is 2. The summed E-state index contributed by atoms with van der Waals surface area (Å²) in [5.74, 6) is -0.109. The van der Waals surface area contributed by atoms with Crippen molar-refractivity contribution in [3.05, 3.63) is 41.5 Å². The lowest BCUT2D eigenvalue weighted by molar-refractivity contribution is 0.280. The summed E-state index contributed by atoms with van der Waals surface area (Å²) < 4.78 is 20.3. The van der Waals surface area contributed by atoms with Gasteiger partial charge in [-0.25, -0.2) is 9.07 Å². The minimum Gasteiger partial charge on any atom is -0.484 e. The maximum Gasteiger partial charge on any atom is 0.165 e. The number of hydrogen-bond donors (Lipinski definition) is 0. The van der Waals surface area contributed by atoms with Gasteiger partial charge in [0, 0.05) is 7.05 Å². The zero-order valence-electron chi connectivity index (χ0n) is 9.14. The van der Waals surface area contributed by atoms with Gasteiger partial charge in [0.2, 0.25) is 0 Å². The second-order valence-corrected chi connectivity index (χ2v) is 3.57. The molecule has 84 valence electrons. The molecule has 0 N–H and O–H groups in total. The molecule has 0 atom stereocenters. The molecule has 1 heterocycles. The number of ether oxygens (including phenoxy) is 1. The zero-order chi connectivity index (χ0) is 11.5. The Balaban J connectivity index is 2.10. The van der Waals surface area contributed by atoms with Crippen molar-refractivity contribution in [2.24, 2.45) is 7.05 Å². The first-order valence-corrected chi connectivity index (χ1v) is 4.89. The van der Waals surface area contributed by atoms with Crippen LogP contribution in [0.2, 0.25) is 0 Å². The molecule has 4 nitrogen and oxygen atoms in total. The van der Waals surface area contributed by atoms with E-state index in [0.29, 0.717) is 0 Å². The van der Waals surface area contributed by atoms with Gasteiger partial charge in [0.15, 0.2) is 11.6 Å². The molecular weight excluding hydrogens is 209 g/mol. The molecule has 0 saturated carbocycles. The number of halogens is 1. The van der Waals surface area contributed by atoms with Crippen molar-refractivity contribution < 1.29 is 9.13 Å². The predicted molar refractivity (Wildman–Crippen MR) is 56.5 cm³/mol. The van der Waals surface area contributed by atoms with E-state index >= 15 is 0 Å². The first kappa shape index (κ1) is 10.6. The lowest BCUT2D eigenvalue weighted by Crippen LogP contribution is -2.04. The number of benzene rings is 1. The van der Waals surface area contributed by atoms with Gasteiger partial charge in [0.05, 0.1) is 11.9 Å². The van der Waals surface area contributed by atoms with E-state index in [-0.39, 0.29) is 18.2 Å². The molecule has 0 radical (unpaired) electrons. The SMILES string of the molecule is Cc1ccc(F)c(OCc2cnnn2C)c1. The number of aromatic nitrogens is 3. The topological polar surface area (TPSA) is 39.9 Å². The highest BCUT2D eigenvalue weighted by atomic mass is 19.1. The lowest BCUT2D eigenvalue weighted by atomic mass is 10.2. The van der Waals surface area contributed by atoms with Crippen LogP contribution in [-0.2, 0) is 13.7 Å². The molecule has 0 amide bonds. The smallest absolute Gasteiger partial charge is 0.165 e. The highest BCUT2D eigenvalue weighted by Crippen LogP contribution is 2.19. The standard InChI is InChI=1S/C11H12FN3O/c1-8-3-4-10(12)11(5-8)16-7-9-6-13-14-15(9)2/h3-6H,7H2,1-2H3. The van der Waals surface area contributed by atoms with Crippen LogP contribution >= 0.6 is 0 Å². The van der Waals surface area contributed by atoms with Crippen LogP contribution in [0.3, 0.4) is 0 Å². The molecule has 1 aromatic heterocycles. The fourth-order valence-corrected chi connectivity index (χ4v) is 1.31. The van der Waals surface area contributed by atoms with Crippen molar-refractivity contribution in [3.63, 3.8) is 0 Å². The summed E-state index contributed by atoms with van der Waals surface area (Å²) in [6, 6.07) is 4.76. The molecule has 5 heteroatoms. The van der Waals surface area contributed by atoms with E-state index in [1.165, 1.54) is 6.07 Å². The first-order valence-electron chi connectivity index (χ1n) is 4.89. The highest BCUT2D eigenvalue weighted by Gasteiger charge is 2.05. The third-order valence-corrected chi connectivity index (χ3v) is 2.27. The van der Waals surface area contributed by atoms with E-state index in [2.05, 4.69) is 10.3 Å². The molecule has 1 aromatic carbocycles. The number of hydrogen-bond acceptors (Lipinski definition) is 3. The predicted octanol–water partition coefficient (Wildman–Crippen LogP) is 1.84. The van der Waals surface area contributed by atoms with Crippen LogP contribution in [0.4, 0.5) is 4.39 Å². The van der Waals surface area contributed by atoms with E-state index in [4.69, 9.17) is 4.74 Å². The van der Waals surface area contributed by atoms with Gasteiger partial charge in [-0.1, -0.05) is 11.3 Å². The Hall–Kier alpha value is -1.91. The summed E-state index contributed by atoms with van der Waals surface area (Å²) in [5.41, 5.74) is 1.75. The molecule has 0 bridgehead atoms. The van der Waals surface area contributed by atoms with Crippen molar-refractivity contribution in [2.45, 2.75) is 13.5 Å². The van der Waals surface area contributed by atoms with Crippen LogP contribution in [0.15, 0.2) is 24.4 Å². The molecule has 0 aliphatic heterocycles. The Kier molecular flexibility index (Phi) is 2.85. The maximum absolute atomic E-state index is 13.3. The van der Waals surface area contributed by atoms with Gasteiger partial charge in [-0.15, -0.1) is 5.10 Å². The van der Waals surface area contributed by atoms with Crippen molar-refractivity contribution in [1.29, 1.82) is 0 Å². The van der Waals surface area contributed by atoms with Gasteiger partial charge in [-0.2, -0.15) is 0 Å². The molecule has 0 aliphatic carbocycles. The summed E-state index contributed by atoms with van der Waals surface area (Å²) in [6.07, 6.45) is 1.59. The van der Waals surface area contributed by atoms with Crippen molar-refractivity contribution in [2.75, 3.05) is 0 Å². The molecule has 0 unspecified atom stereocenters. The molecule has 0 fully saturated rings. The van der Waals surface area contributed by atoms with E-state index < -0.39 is 0 Å². The maximum atomic E-state index is 13.3. The third kappa shape index (κ3) is 2.18. The molecule has 16 heavy (non-hydrogen) atoms. The summed E-state index contributed by atoms with van der Waals surface area (Å²) >= 11 is 0. The second kappa shape index (κ2) is 4.30. The fourth-order valence-electron chi connectivity index (χ4n) is 1.31. The van der Waals surface area contributed by atoms with Crippen molar-refractivity contribution in [1.82, 2.24) is 15.0 Å². The summed E-state index contributed by atoms with van der Waals surface area (Å²) in [5, 5.41) is 7.47. The van der Waals surface area contributed by atoms with Crippen LogP contribution in [-0.4, -0.2) is 15.0 Å². The van der Waals surface area contributed by atoms with E-state index in [9.17, 15) is 4.39 Å². The Bertz CT molecular complexity index is 496. The van der Waals surface area contributed by atoms with Crippen LogP contribution in [0.25, 0.3) is 0 Å². The largest absolute Gasteiger partial charge is 0.484 e. The summed E-state index contributed by atoms with van der Waals surface area (Å²) in [7, 11) is 1.76. The van der Waals surface area contributed by atoms with Crippen molar-refractivity contribution >= 4 is 0 Å². The number of rotatable bonds is 3. The average molecular weight is 221 g/mol. The molecule has 2 rings (SSSR count).